The molecule has 1 amide bonds. The van der Waals surface area contributed by atoms with Crippen LogP contribution in [0.2, 0.25) is 5.02 Å². The zero-order valence-corrected chi connectivity index (χ0v) is 13.0. The normalized spacial score (nSPS) is 16.2. The molecule has 1 atom stereocenters. The molecule has 22 heavy (non-hydrogen) atoms. The highest BCUT2D eigenvalue weighted by atomic mass is 35.5. The summed E-state index contributed by atoms with van der Waals surface area (Å²) in [7, 11) is 0. The first kappa shape index (κ1) is 14.9. The standard InChI is InChI=1S/C16H17ClN2O3/c1-2-3-12-8-13(22-19-12)9-18-16(20)15-7-10-6-11(17)4-5-14(10)21-15/h4-6,8,15H,2-3,7,9H2,1H3,(H,18,20)/t15-/m1/s1. The van der Waals surface area contributed by atoms with Crippen molar-refractivity contribution in [2.24, 2.45) is 0 Å². The average Bonchev–Trinajstić information content (AvgIpc) is 3.11. The molecule has 0 fully saturated rings. The van der Waals surface area contributed by atoms with Gasteiger partial charge in [-0.15, -0.1) is 0 Å². The fourth-order valence-corrected chi connectivity index (χ4v) is 2.66. The van der Waals surface area contributed by atoms with E-state index >= 15 is 0 Å². The summed E-state index contributed by atoms with van der Waals surface area (Å²) in [6, 6.07) is 7.24. The number of carbonyl (C=O) groups is 1. The number of hydrogen-bond acceptors (Lipinski definition) is 4. The lowest BCUT2D eigenvalue weighted by molar-refractivity contribution is -0.127. The Kier molecular flexibility index (Phi) is 4.34. The third-order valence-corrected chi connectivity index (χ3v) is 3.78. The van der Waals surface area contributed by atoms with Gasteiger partial charge in [-0.2, -0.15) is 0 Å². The Morgan fingerprint density at radius 1 is 1.45 bits per heavy atom. The summed E-state index contributed by atoms with van der Waals surface area (Å²) in [6.07, 6.45) is 1.89. The van der Waals surface area contributed by atoms with E-state index in [-0.39, 0.29) is 5.91 Å². The molecule has 6 heteroatoms. The van der Waals surface area contributed by atoms with Crippen LogP contribution in [0, 0.1) is 0 Å². The molecular weight excluding hydrogens is 304 g/mol. The molecule has 1 aliphatic heterocycles. The average molecular weight is 321 g/mol. The Morgan fingerprint density at radius 2 is 2.32 bits per heavy atom. The van der Waals surface area contributed by atoms with Crippen molar-refractivity contribution in [1.82, 2.24) is 10.5 Å². The van der Waals surface area contributed by atoms with Crippen molar-refractivity contribution in [2.45, 2.75) is 38.8 Å². The fourth-order valence-electron chi connectivity index (χ4n) is 2.46. The van der Waals surface area contributed by atoms with Crippen LogP contribution in [0.1, 0.15) is 30.4 Å². The summed E-state index contributed by atoms with van der Waals surface area (Å²) in [5, 5.41) is 7.41. The Bertz CT molecular complexity index is 684. The molecule has 2 aromatic rings. The first-order valence-electron chi connectivity index (χ1n) is 7.33. The van der Waals surface area contributed by atoms with Gasteiger partial charge in [-0.1, -0.05) is 30.1 Å². The van der Waals surface area contributed by atoms with E-state index in [9.17, 15) is 4.79 Å². The van der Waals surface area contributed by atoms with Crippen molar-refractivity contribution in [3.8, 4) is 5.75 Å². The molecule has 5 nitrogen and oxygen atoms in total. The molecule has 0 unspecified atom stereocenters. The maximum atomic E-state index is 12.2. The monoisotopic (exact) mass is 320 g/mol. The van der Waals surface area contributed by atoms with Gasteiger partial charge in [0.1, 0.15) is 5.75 Å². The molecule has 1 aromatic heterocycles. The molecule has 0 bridgehead atoms. The number of aryl methyl sites for hydroxylation is 1. The zero-order chi connectivity index (χ0) is 15.5. The van der Waals surface area contributed by atoms with Crippen molar-refractivity contribution >= 4 is 17.5 Å². The summed E-state index contributed by atoms with van der Waals surface area (Å²) >= 11 is 5.94. The van der Waals surface area contributed by atoms with E-state index in [1.807, 2.05) is 12.1 Å². The number of ether oxygens (including phenoxy) is 1. The summed E-state index contributed by atoms with van der Waals surface area (Å²) in [5.74, 6) is 1.20. The second kappa shape index (κ2) is 6.40. The third kappa shape index (κ3) is 3.25. The molecule has 0 aliphatic carbocycles. The van der Waals surface area contributed by atoms with Gasteiger partial charge in [0.2, 0.25) is 0 Å². The van der Waals surface area contributed by atoms with Crippen LogP contribution in [-0.4, -0.2) is 17.2 Å². The minimum absolute atomic E-state index is 0.166. The van der Waals surface area contributed by atoms with E-state index in [2.05, 4.69) is 17.4 Å². The van der Waals surface area contributed by atoms with Gasteiger partial charge in [-0.25, -0.2) is 0 Å². The zero-order valence-electron chi connectivity index (χ0n) is 12.3. The van der Waals surface area contributed by atoms with E-state index in [0.717, 1.165) is 29.8 Å². The molecule has 1 aromatic carbocycles. The van der Waals surface area contributed by atoms with E-state index in [0.29, 0.717) is 23.7 Å². The van der Waals surface area contributed by atoms with Crippen molar-refractivity contribution < 1.29 is 14.1 Å². The predicted octanol–water partition coefficient (Wildman–Crippen LogP) is 2.90. The maximum Gasteiger partial charge on any atom is 0.261 e. The van der Waals surface area contributed by atoms with Crippen LogP contribution in [0.4, 0.5) is 0 Å². The first-order chi connectivity index (χ1) is 10.7. The molecule has 0 radical (unpaired) electrons. The minimum Gasteiger partial charge on any atom is -0.480 e. The molecule has 2 heterocycles. The number of nitrogens with one attached hydrogen (secondary N) is 1. The second-order valence-corrected chi connectivity index (χ2v) is 5.75. The highest BCUT2D eigenvalue weighted by molar-refractivity contribution is 6.30. The number of fused-ring (bicyclic) bond motifs is 1. The summed E-state index contributed by atoms with van der Waals surface area (Å²) in [5.41, 5.74) is 1.86. The van der Waals surface area contributed by atoms with E-state index in [1.54, 1.807) is 12.1 Å². The molecule has 1 aliphatic rings. The lowest BCUT2D eigenvalue weighted by Gasteiger charge is -2.10. The fraction of sp³-hybridized carbons (Fsp3) is 0.375. The van der Waals surface area contributed by atoms with Gasteiger partial charge in [-0.05, 0) is 30.2 Å². The topological polar surface area (TPSA) is 64.4 Å². The van der Waals surface area contributed by atoms with Crippen LogP contribution in [-0.2, 0) is 24.2 Å². The Morgan fingerprint density at radius 3 is 3.14 bits per heavy atom. The van der Waals surface area contributed by atoms with Gasteiger partial charge >= 0.3 is 0 Å². The van der Waals surface area contributed by atoms with Crippen LogP contribution >= 0.6 is 11.6 Å². The van der Waals surface area contributed by atoms with Gasteiger partial charge < -0.3 is 14.6 Å². The minimum atomic E-state index is -0.522. The number of benzene rings is 1. The molecule has 116 valence electrons. The predicted molar refractivity (Wildman–Crippen MR) is 81.9 cm³/mol. The van der Waals surface area contributed by atoms with Crippen LogP contribution in [0.25, 0.3) is 0 Å². The van der Waals surface area contributed by atoms with Crippen molar-refractivity contribution in [3.05, 3.63) is 46.3 Å². The lowest BCUT2D eigenvalue weighted by atomic mass is 10.1. The van der Waals surface area contributed by atoms with Crippen LogP contribution in [0.5, 0.6) is 5.75 Å². The third-order valence-electron chi connectivity index (χ3n) is 3.54. The van der Waals surface area contributed by atoms with Gasteiger partial charge in [0.25, 0.3) is 5.91 Å². The Balaban J connectivity index is 1.55. The molecule has 0 saturated carbocycles. The quantitative estimate of drug-likeness (QED) is 0.920. The summed E-state index contributed by atoms with van der Waals surface area (Å²) in [4.78, 5) is 12.2. The van der Waals surface area contributed by atoms with Crippen LogP contribution in [0.15, 0.2) is 28.8 Å². The molecule has 0 saturated heterocycles. The van der Waals surface area contributed by atoms with E-state index in [4.69, 9.17) is 20.9 Å². The Labute approximate surface area is 133 Å². The summed E-state index contributed by atoms with van der Waals surface area (Å²) < 4.78 is 10.8. The highest BCUT2D eigenvalue weighted by Gasteiger charge is 2.29. The number of hydrogen-bond donors (Lipinski definition) is 1. The molecule has 3 rings (SSSR count). The number of aromatic nitrogens is 1. The maximum absolute atomic E-state index is 12.2. The number of carbonyl (C=O) groups excluding carboxylic acids is 1. The first-order valence-corrected chi connectivity index (χ1v) is 7.70. The van der Waals surface area contributed by atoms with Gasteiger partial charge in [-0.3, -0.25) is 4.79 Å². The SMILES string of the molecule is CCCc1cc(CNC(=O)[C@H]2Cc3cc(Cl)ccc3O2)on1. The second-order valence-electron chi connectivity index (χ2n) is 5.32. The van der Waals surface area contributed by atoms with Gasteiger partial charge in [0.15, 0.2) is 11.9 Å². The number of amides is 1. The smallest absolute Gasteiger partial charge is 0.261 e. The van der Waals surface area contributed by atoms with Crippen LogP contribution < -0.4 is 10.1 Å². The number of rotatable bonds is 5. The Hall–Kier alpha value is -2.01. The molecular formula is C16H17ClN2O3. The van der Waals surface area contributed by atoms with Crippen molar-refractivity contribution in [2.75, 3.05) is 0 Å². The largest absolute Gasteiger partial charge is 0.480 e. The van der Waals surface area contributed by atoms with Crippen LogP contribution in [0.3, 0.4) is 0 Å². The number of nitrogens with zero attached hydrogens (tertiary/aromatic N) is 1. The van der Waals surface area contributed by atoms with E-state index in [1.165, 1.54) is 0 Å². The summed E-state index contributed by atoms with van der Waals surface area (Å²) in [6.45, 7) is 2.39. The molecule has 1 N–H and O–H groups in total. The van der Waals surface area contributed by atoms with Gasteiger partial charge in [0.05, 0.1) is 12.2 Å². The highest BCUT2D eigenvalue weighted by Crippen LogP contribution is 2.31. The van der Waals surface area contributed by atoms with Crippen molar-refractivity contribution in [1.29, 1.82) is 0 Å². The lowest BCUT2D eigenvalue weighted by Crippen LogP contribution is -2.36. The van der Waals surface area contributed by atoms with E-state index < -0.39 is 6.10 Å². The molecule has 0 spiro atoms. The number of halogens is 1. The van der Waals surface area contributed by atoms with Crippen molar-refractivity contribution in [3.63, 3.8) is 0 Å². The van der Waals surface area contributed by atoms with Gasteiger partial charge in [0, 0.05) is 17.5 Å².